The van der Waals surface area contributed by atoms with Crippen LogP contribution in [-0.4, -0.2) is 12.6 Å². The Labute approximate surface area is 132 Å². The zero-order valence-corrected chi connectivity index (χ0v) is 13.1. The molecule has 2 aromatic carbocycles. The van der Waals surface area contributed by atoms with Gasteiger partial charge in [-0.1, -0.05) is 79.7 Å². The van der Waals surface area contributed by atoms with Gasteiger partial charge in [-0.3, -0.25) is 4.79 Å². The second-order valence-electron chi connectivity index (χ2n) is 5.27. The van der Waals surface area contributed by atoms with Crippen molar-refractivity contribution < 1.29 is 9.53 Å². The second kappa shape index (κ2) is 8.18. The summed E-state index contributed by atoms with van der Waals surface area (Å²) in [5.41, 5.74) is 2.12. The van der Waals surface area contributed by atoms with Gasteiger partial charge >= 0.3 is 5.97 Å². The summed E-state index contributed by atoms with van der Waals surface area (Å²) in [6.45, 7) is 4.29. The van der Waals surface area contributed by atoms with E-state index in [4.69, 9.17) is 4.74 Å². The molecule has 2 nitrogen and oxygen atoms in total. The fourth-order valence-electron chi connectivity index (χ4n) is 2.48. The van der Waals surface area contributed by atoms with E-state index in [9.17, 15) is 4.79 Å². The molecular weight excluding hydrogens is 272 g/mol. The van der Waals surface area contributed by atoms with Gasteiger partial charge in [-0.25, -0.2) is 0 Å². The van der Waals surface area contributed by atoms with Crippen LogP contribution < -0.4 is 0 Å². The smallest absolute Gasteiger partial charge is 0.313 e. The number of rotatable bonds is 6. The lowest BCUT2D eigenvalue weighted by molar-refractivity contribution is -0.145. The molecule has 0 saturated carbocycles. The van der Waals surface area contributed by atoms with Gasteiger partial charge in [0.25, 0.3) is 0 Å². The summed E-state index contributed by atoms with van der Waals surface area (Å²) < 4.78 is 5.26. The number of hydrogen-bond donors (Lipinski definition) is 0. The van der Waals surface area contributed by atoms with Crippen LogP contribution in [0.25, 0.3) is 6.08 Å². The quantitative estimate of drug-likeness (QED) is 0.723. The molecule has 0 aliphatic rings. The van der Waals surface area contributed by atoms with E-state index in [1.165, 1.54) is 0 Å². The summed E-state index contributed by atoms with van der Waals surface area (Å²) in [6, 6.07) is 19.9. The number of ether oxygens (including phenoxy) is 1. The van der Waals surface area contributed by atoms with Crippen LogP contribution in [0.15, 0.2) is 66.7 Å². The molecule has 0 amide bonds. The molecular formula is C20H22O2. The molecule has 0 fully saturated rings. The van der Waals surface area contributed by atoms with Crippen molar-refractivity contribution in [1.82, 2.24) is 0 Å². The summed E-state index contributed by atoms with van der Waals surface area (Å²) in [4.78, 5) is 12.3. The summed E-state index contributed by atoms with van der Waals surface area (Å²) in [5.74, 6) is -0.387. The van der Waals surface area contributed by atoms with Gasteiger partial charge in [0.15, 0.2) is 0 Å². The number of hydrogen-bond acceptors (Lipinski definition) is 2. The Morgan fingerprint density at radius 2 is 1.64 bits per heavy atom. The minimum Gasteiger partial charge on any atom is -0.466 e. The summed E-state index contributed by atoms with van der Waals surface area (Å²) in [6.07, 6.45) is 4.13. The van der Waals surface area contributed by atoms with Crippen molar-refractivity contribution in [1.29, 1.82) is 0 Å². The van der Waals surface area contributed by atoms with Crippen molar-refractivity contribution in [3.8, 4) is 0 Å². The first kappa shape index (κ1) is 16.0. The van der Waals surface area contributed by atoms with E-state index in [0.717, 1.165) is 11.1 Å². The van der Waals surface area contributed by atoms with Gasteiger partial charge in [0.05, 0.1) is 12.5 Å². The number of benzene rings is 2. The molecule has 0 aliphatic heterocycles. The van der Waals surface area contributed by atoms with Crippen LogP contribution >= 0.6 is 0 Å². The van der Waals surface area contributed by atoms with E-state index in [1.54, 1.807) is 0 Å². The lowest BCUT2D eigenvalue weighted by Crippen LogP contribution is -2.21. The van der Waals surface area contributed by atoms with Gasteiger partial charge in [-0.05, 0) is 24.0 Å². The second-order valence-corrected chi connectivity index (χ2v) is 5.27. The lowest BCUT2D eigenvalue weighted by atomic mass is 9.86. The number of carbonyl (C=O) groups excluding carboxylic acids is 1. The van der Waals surface area contributed by atoms with Gasteiger partial charge in [-0.15, -0.1) is 0 Å². The molecule has 0 spiro atoms. The molecule has 114 valence electrons. The fourth-order valence-corrected chi connectivity index (χ4v) is 2.48. The van der Waals surface area contributed by atoms with Crippen LogP contribution in [0.4, 0.5) is 0 Å². The van der Waals surface area contributed by atoms with E-state index >= 15 is 0 Å². The van der Waals surface area contributed by atoms with Gasteiger partial charge in [-0.2, -0.15) is 0 Å². The maximum absolute atomic E-state index is 12.3. The van der Waals surface area contributed by atoms with Gasteiger partial charge in [0, 0.05) is 0 Å². The van der Waals surface area contributed by atoms with Crippen molar-refractivity contribution in [2.24, 2.45) is 5.92 Å². The molecule has 0 bridgehead atoms. The molecule has 0 aromatic heterocycles. The molecule has 2 atom stereocenters. The molecule has 0 radical (unpaired) electrons. The number of carbonyl (C=O) groups is 1. The first-order valence-corrected chi connectivity index (χ1v) is 7.67. The monoisotopic (exact) mass is 294 g/mol. The Morgan fingerprint density at radius 1 is 1.05 bits per heavy atom. The molecule has 2 heteroatoms. The van der Waals surface area contributed by atoms with Crippen molar-refractivity contribution >= 4 is 12.0 Å². The standard InChI is InChI=1S/C20H22O2/c1-3-22-20(21)19(18-12-8-5-9-13-18)16(2)14-15-17-10-6-4-7-11-17/h4-16,19H,3H2,1-2H3/b15-14+/t16-,19+/m1/s1. The average Bonchev–Trinajstić information content (AvgIpc) is 2.55. The van der Waals surface area contributed by atoms with Gasteiger partial charge < -0.3 is 4.74 Å². The maximum Gasteiger partial charge on any atom is 0.313 e. The molecule has 2 aromatic rings. The predicted molar refractivity (Wildman–Crippen MR) is 90.5 cm³/mol. The van der Waals surface area contributed by atoms with E-state index < -0.39 is 0 Å². The predicted octanol–water partition coefficient (Wildman–Crippen LogP) is 4.68. The minimum atomic E-state index is -0.277. The van der Waals surface area contributed by atoms with Crippen LogP contribution in [0.2, 0.25) is 0 Å². The fraction of sp³-hybridized carbons (Fsp3) is 0.250. The van der Waals surface area contributed by atoms with Crippen molar-refractivity contribution in [2.75, 3.05) is 6.61 Å². The van der Waals surface area contributed by atoms with Gasteiger partial charge in [0.2, 0.25) is 0 Å². The highest BCUT2D eigenvalue weighted by Crippen LogP contribution is 2.27. The van der Waals surface area contributed by atoms with Crippen molar-refractivity contribution in [2.45, 2.75) is 19.8 Å². The van der Waals surface area contributed by atoms with Crippen LogP contribution in [0.3, 0.4) is 0 Å². The van der Waals surface area contributed by atoms with Gasteiger partial charge in [0.1, 0.15) is 0 Å². The Hall–Kier alpha value is -2.35. The van der Waals surface area contributed by atoms with E-state index in [0.29, 0.717) is 6.61 Å². The molecule has 0 aliphatic carbocycles. The highest BCUT2D eigenvalue weighted by atomic mass is 16.5. The highest BCUT2D eigenvalue weighted by Gasteiger charge is 2.26. The molecule has 0 N–H and O–H groups in total. The van der Waals surface area contributed by atoms with Crippen LogP contribution in [-0.2, 0) is 9.53 Å². The van der Waals surface area contributed by atoms with Crippen molar-refractivity contribution in [3.05, 3.63) is 77.9 Å². The molecule has 0 saturated heterocycles. The Balaban J connectivity index is 2.21. The summed E-state index contributed by atoms with van der Waals surface area (Å²) in [5, 5.41) is 0. The van der Waals surface area contributed by atoms with Crippen molar-refractivity contribution in [3.63, 3.8) is 0 Å². The molecule has 0 heterocycles. The Kier molecular flexibility index (Phi) is 5.96. The third kappa shape index (κ3) is 4.32. The lowest BCUT2D eigenvalue weighted by Gasteiger charge is -2.20. The van der Waals surface area contributed by atoms with Crippen LogP contribution in [0.1, 0.15) is 30.9 Å². The Bertz CT molecular complexity index is 602. The maximum atomic E-state index is 12.3. The van der Waals surface area contributed by atoms with E-state index in [2.05, 4.69) is 12.2 Å². The zero-order valence-electron chi connectivity index (χ0n) is 13.1. The third-order valence-electron chi connectivity index (χ3n) is 3.62. The largest absolute Gasteiger partial charge is 0.466 e. The minimum absolute atomic E-state index is 0.0571. The topological polar surface area (TPSA) is 26.3 Å². The average molecular weight is 294 g/mol. The molecule has 0 unspecified atom stereocenters. The number of allylic oxidation sites excluding steroid dienone is 1. The third-order valence-corrected chi connectivity index (χ3v) is 3.62. The summed E-state index contributed by atoms with van der Waals surface area (Å²) >= 11 is 0. The van der Waals surface area contributed by atoms with Crippen LogP contribution in [0, 0.1) is 5.92 Å². The molecule has 2 rings (SSSR count). The first-order valence-electron chi connectivity index (χ1n) is 7.67. The SMILES string of the molecule is CCOC(=O)[C@H](c1ccccc1)[C@H](C)/C=C/c1ccccc1. The summed E-state index contributed by atoms with van der Waals surface area (Å²) in [7, 11) is 0. The van der Waals surface area contributed by atoms with E-state index in [-0.39, 0.29) is 17.8 Å². The number of esters is 1. The van der Waals surface area contributed by atoms with E-state index in [1.807, 2.05) is 74.5 Å². The molecule has 22 heavy (non-hydrogen) atoms. The van der Waals surface area contributed by atoms with Crippen LogP contribution in [0.5, 0.6) is 0 Å². The normalized spacial score (nSPS) is 13.7. The first-order chi connectivity index (χ1) is 10.7. The highest BCUT2D eigenvalue weighted by molar-refractivity contribution is 5.79. The zero-order chi connectivity index (χ0) is 15.8. The Morgan fingerprint density at radius 3 is 2.23 bits per heavy atom.